The second kappa shape index (κ2) is 20.1. The number of hydrogen-bond donors (Lipinski definition) is 5. The van der Waals surface area contributed by atoms with Crippen LogP contribution in [0.4, 0.5) is 36.3 Å². The Hall–Kier alpha value is -6.52. The highest BCUT2D eigenvalue weighted by atomic mass is 32.2. The molecule has 4 aromatic rings. The van der Waals surface area contributed by atoms with Gasteiger partial charge in [-0.1, -0.05) is 24.3 Å². The molecular weight excluding hydrogens is 854 g/mol. The summed E-state index contributed by atoms with van der Waals surface area (Å²) in [7, 11) is -2.17. The molecule has 4 amide bonds. The number of fused-ring (bicyclic) bond motifs is 1. The fourth-order valence-electron chi connectivity index (χ4n) is 6.61. The highest BCUT2D eigenvalue weighted by Gasteiger charge is 2.45. The zero-order valence-corrected chi connectivity index (χ0v) is 34.9. The second-order valence-electron chi connectivity index (χ2n) is 14.4. The van der Waals surface area contributed by atoms with Crippen LogP contribution in [0.25, 0.3) is 0 Å². The Morgan fingerprint density at radius 2 is 1.78 bits per heavy atom. The van der Waals surface area contributed by atoms with E-state index in [9.17, 15) is 45.9 Å². The lowest BCUT2D eigenvalue weighted by Gasteiger charge is -2.31. The van der Waals surface area contributed by atoms with Gasteiger partial charge in [0.25, 0.3) is 5.91 Å². The first kappa shape index (κ1) is 46.0. The number of hydrogen-bond acceptors (Lipinski definition) is 14. The van der Waals surface area contributed by atoms with Crippen molar-refractivity contribution in [2.24, 2.45) is 0 Å². The minimum Gasteiger partial charge on any atom is -0.494 e. The quantitative estimate of drug-likeness (QED) is 0.0627. The molecule has 0 spiro atoms. The van der Waals surface area contributed by atoms with E-state index in [0.717, 1.165) is 15.5 Å². The minimum absolute atomic E-state index is 0.0215. The summed E-state index contributed by atoms with van der Waals surface area (Å²) in [5.41, 5.74) is 0.670. The third kappa shape index (κ3) is 11.9. The van der Waals surface area contributed by atoms with Crippen LogP contribution in [0.15, 0.2) is 72.9 Å². The molecule has 63 heavy (non-hydrogen) atoms. The van der Waals surface area contributed by atoms with E-state index in [0.29, 0.717) is 48.5 Å². The van der Waals surface area contributed by atoms with Gasteiger partial charge in [-0.25, -0.2) is 13.4 Å². The van der Waals surface area contributed by atoms with Crippen LogP contribution in [0, 0.1) is 0 Å². The van der Waals surface area contributed by atoms with Crippen LogP contribution in [0.2, 0.25) is 0 Å². The molecule has 22 heteroatoms. The largest absolute Gasteiger partial charge is 0.494 e. The van der Waals surface area contributed by atoms with Gasteiger partial charge in [-0.15, -0.1) is 0 Å². The molecule has 3 heterocycles. The number of imide groups is 1. The number of sulfonamides is 1. The monoisotopic (exact) mass is 898 g/mol. The van der Waals surface area contributed by atoms with Crippen molar-refractivity contribution in [2.45, 2.75) is 50.7 Å². The summed E-state index contributed by atoms with van der Waals surface area (Å²) in [6.07, 6.45) is -3.68. The van der Waals surface area contributed by atoms with Gasteiger partial charge in [0, 0.05) is 56.9 Å². The SMILES string of the molecule is CN(c1cccc(CNc2nc(Nc3ccc(OCCCOCCC(=O)NCCOc4cccc5c4C(=O)N(C4CCC(=O)NC4=O)C5O)cc3)ncc2C(F)(F)F)c1)S(C)(=O)=O. The molecule has 0 saturated carbocycles. The van der Waals surface area contributed by atoms with Gasteiger partial charge in [-0.3, -0.25) is 33.7 Å². The number of anilines is 4. The number of alkyl halides is 3. The Labute approximate surface area is 360 Å². The average Bonchev–Trinajstić information content (AvgIpc) is 3.49. The number of nitrogens with one attached hydrogen (secondary N) is 4. The summed E-state index contributed by atoms with van der Waals surface area (Å²) in [5, 5.41) is 21.3. The fraction of sp³-hybridized carbons (Fsp3) is 0.366. The number of carbonyl (C=O) groups is 4. The molecular formula is C41H45F3N8O10S. The Kier molecular flexibility index (Phi) is 14.7. The van der Waals surface area contributed by atoms with Crippen LogP contribution in [0.1, 0.15) is 59.0 Å². The maximum Gasteiger partial charge on any atom is 0.421 e. The molecule has 0 aliphatic carbocycles. The van der Waals surface area contributed by atoms with E-state index in [1.165, 1.54) is 7.05 Å². The molecule has 5 N–H and O–H groups in total. The third-order valence-corrected chi connectivity index (χ3v) is 11.1. The van der Waals surface area contributed by atoms with Crippen molar-refractivity contribution >= 4 is 56.8 Å². The van der Waals surface area contributed by atoms with E-state index in [4.69, 9.17) is 14.2 Å². The van der Waals surface area contributed by atoms with Gasteiger partial charge < -0.3 is 35.3 Å². The number of aromatic nitrogens is 2. The van der Waals surface area contributed by atoms with Crippen LogP contribution < -0.4 is 35.0 Å². The Bertz CT molecular complexity index is 2420. The number of halogens is 3. The fourth-order valence-corrected chi connectivity index (χ4v) is 7.10. The zero-order chi connectivity index (χ0) is 45.3. The molecule has 2 aliphatic heterocycles. The van der Waals surface area contributed by atoms with E-state index in [1.54, 1.807) is 66.7 Å². The first-order valence-corrected chi connectivity index (χ1v) is 21.5. The van der Waals surface area contributed by atoms with Crippen molar-refractivity contribution < 1.29 is 60.1 Å². The van der Waals surface area contributed by atoms with Crippen LogP contribution in [-0.2, 0) is 41.9 Å². The van der Waals surface area contributed by atoms with Crippen LogP contribution in [0.3, 0.4) is 0 Å². The summed E-state index contributed by atoms with van der Waals surface area (Å²) in [6, 6.07) is 16.7. The Balaban J connectivity index is 0.875. The van der Waals surface area contributed by atoms with Gasteiger partial charge in [-0.2, -0.15) is 18.2 Å². The van der Waals surface area contributed by atoms with Crippen LogP contribution in [-0.4, -0.2) is 104 Å². The number of aliphatic hydroxyl groups excluding tert-OH is 1. The first-order valence-electron chi connectivity index (χ1n) is 19.6. The second-order valence-corrected chi connectivity index (χ2v) is 16.4. The average molecular weight is 899 g/mol. The minimum atomic E-state index is -4.74. The predicted octanol–water partition coefficient (Wildman–Crippen LogP) is 3.87. The summed E-state index contributed by atoms with van der Waals surface area (Å²) < 4.78 is 83.4. The Morgan fingerprint density at radius 1 is 1.02 bits per heavy atom. The van der Waals surface area contributed by atoms with Crippen LogP contribution in [0.5, 0.6) is 11.5 Å². The van der Waals surface area contributed by atoms with Gasteiger partial charge in [0.15, 0.2) is 6.23 Å². The molecule has 1 fully saturated rings. The van der Waals surface area contributed by atoms with E-state index in [2.05, 4.69) is 31.2 Å². The third-order valence-electron chi connectivity index (χ3n) is 9.89. The maximum atomic E-state index is 13.8. The lowest BCUT2D eigenvalue weighted by molar-refractivity contribution is -0.140. The number of benzene rings is 3. The molecule has 3 aromatic carbocycles. The van der Waals surface area contributed by atoms with Gasteiger partial charge in [-0.05, 0) is 54.4 Å². The highest BCUT2D eigenvalue weighted by molar-refractivity contribution is 7.92. The normalized spacial score (nSPS) is 16.3. The van der Waals surface area contributed by atoms with E-state index in [1.807, 2.05) is 0 Å². The summed E-state index contributed by atoms with van der Waals surface area (Å²) in [6.45, 7) is 0.835. The number of piperidine rings is 1. The van der Waals surface area contributed by atoms with Crippen molar-refractivity contribution in [3.05, 3.63) is 95.2 Å². The topological polar surface area (TPSA) is 231 Å². The van der Waals surface area contributed by atoms with Crippen molar-refractivity contribution in [1.29, 1.82) is 0 Å². The number of ether oxygens (including phenoxy) is 3. The first-order chi connectivity index (χ1) is 30.0. The lowest BCUT2D eigenvalue weighted by atomic mass is 10.0. The van der Waals surface area contributed by atoms with Gasteiger partial charge in [0.2, 0.25) is 33.7 Å². The van der Waals surface area contributed by atoms with E-state index in [-0.39, 0.29) is 74.3 Å². The standard InChI is InChI=1S/C41H45F3N8O10S/c1-51(63(2,58)59)27-7-3-6-25(22-27)23-46-36-30(41(42,43)44)24-47-40(50-36)48-26-10-12-28(13-11-26)61-19-5-18-60-20-16-33(53)45-17-21-62-32-9-4-8-29-35(32)39(57)52(38(29)56)31-14-15-34(54)49-37(31)55/h3-4,6-13,22,24,31,38,56H,5,14-21,23H2,1-2H3,(H,45,53)(H,49,54,55)(H2,46,47,48,50). The highest BCUT2D eigenvalue weighted by Crippen LogP contribution is 2.40. The van der Waals surface area contributed by atoms with Gasteiger partial charge in [0.05, 0.1) is 37.3 Å². The molecule has 0 radical (unpaired) electrons. The number of nitrogens with zero attached hydrogens (tertiary/aromatic N) is 4. The van der Waals surface area contributed by atoms with Gasteiger partial charge >= 0.3 is 6.18 Å². The molecule has 0 bridgehead atoms. The maximum absolute atomic E-state index is 13.8. The number of amides is 4. The van der Waals surface area contributed by atoms with Crippen LogP contribution >= 0.6 is 0 Å². The molecule has 2 atom stereocenters. The molecule has 1 aromatic heterocycles. The predicted molar refractivity (Wildman–Crippen MR) is 222 cm³/mol. The zero-order valence-electron chi connectivity index (χ0n) is 34.1. The Morgan fingerprint density at radius 3 is 2.51 bits per heavy atom. The molecule has 336 valence electrons. The number of aliphatic hydroxyl groups is 1. The van der Waals surface area contributed by atoms with E-state index >= 15 is 0 Å². The summed E-state index contributed by atoms with van der Waals surface area (Å²) in [4.78, 5) is 58.5. The summed E-state index contributed by atoms with van der Waals surface area (Å²) >= 11 is 0. The molecule has 1 saturated heterocycles. The van der Waals surface area contributed by atoms with Crippen molar-refractivity contribution in [3.8, 4) is 11.5 Å². The van der Waals surface area contributed by atoms with Gasteiger partial charge in [0.1, 0.15) is 35.5 Å². The number of carbonyl (C=O) groups excluding carboxylic acids is 4. The molecule has 2 aliphatic rings. The lowest BCUT2D eigenvalue weighted by Crippen LogP contribution is -2.53. The van der Waals surface area contributed by atoms with E-state index < -0.39 is 57.6 Å². The van der Waals surface area contributed by atoms with Crippen molar-refractivity contribution in [2.75, 3.05) is 61.2 Å². The van der Waals surface area contributed by atoms with Crippen molar-refractivity contribution in [1.82, 2.24) is 25.5 Å². The molecule has 2 unspecified atom stereocenters. The molecule has 18 nitrogen and oxygen atoms in total. The molecule has 6 rings (SSSR count). The van der Waals surface area contributed by atoms with Crippen molar-refractivity contribution in [3.63, 3.8) is 0 Å². The number of rotatable bonds is 20. The summed E-state index contributed by atoms with van der Waals surface area (Å²) in [5.74, 6) is -1.83. The smallest absolute Gasteiger partial charge is 0.421 e.